The molecule has 144 valence electrons. The highest BCUT2D eigenvalue weighted by atomic mass is 35.5. The van der Waals surface area contributed by atoms with Gasteiger partial charge in [0.1, 0.15) is 11.6 Å². The van der Waals surface area contributed by atoms with Crippen LogP contribution in [0.1, 0.15) is 31.1 Å². The summed E-state index contributed by atoms with van der Waals surface area (Å²) in [7, 11) is 1.22. The van der Waals surface area contributed by atoms with Crippen LogP contribution in [-0.4, -0.2) is 47.6 Å². The maximum atomic E-state index is 11.8. The lowest BCUT2D eigenvalue weighted by Crippen LogP contribution is -2.44. The van der Waals surface area contributed by atoms with E-state index in [2.05, 4.69) is 10.1 Å². The van der Waals surface area contributed by atoms with Crippen molar-refractivity contribution in [1.29, 1.82) is 0 Å². The van der Waals surface area contributed by atoms with Gasteiger partial charge in [-0.2, -0.15) is 0 Å². The van der Waals surface area contributed by atoms with E-state index in [-0.39, 0.29) is 22.0 Å². The predicted molar refractivity (Wildman–Crippen MR) is 98.7 cm³/mol. The summed E-state index contributed by atoms with van der Waals surface area (Å²) in [6.07, 6.45) is -0.836. The van der Waals surface area contributed by atoms with Crippen molar-refractivity contribution in [3.63, 3.8) is 0 Å². The van der Waals surface area contributed by atoms with Gasteiger partial charge in [0.05, 0.1) is 17.7 Å². The number of nitrogens with one attached hydrogen (secondary N) is 1. The molecule has 1 amide bonds. The number of carboxylic acid groups (broad SMARTS) is 1. The van der Waals surface area contributed by atoms with E-state index < -0.39 is 29.7 Å². The number of halogens is 1. The Labute approximate surface area is 160 Å². The van der Waals surface area contributed by atoms with Crippen LogP contribution in [0, 0.1) is 0 Å². The number of hydrogen-bond acceptors (Lipinski definition) is 7. The van der Waals surface area contributed by atoms with Gasteiger partial charge >= 0.3 is 18.0 Å². The van der Waals surface area contributed by atoms with Gasteiger partial charge in [0.25, 0.3) is 0 Å². The van der Waals surface area contributed by atoms with E-state index in [0.29, 0.717) is 4.90 Å². The number of methoxy groups -OCH3 is 1. The molecule has 1 atom stereocenters. The second-order valence-electron chi connectivity index (χ2n) is 6.21. The number of alkyl carbamates (subject to hydrolysis) is 1. The fourth-order valence-electron chi connectivity index (χ4n) is 1.76. The largest absolute Gasteiger partial charge is 0.480 e. The fourth-order valence-corrected chi connectivity index (χ4v) is 3.07. The summed E-state index contributed by atoms with van der Waals surface area (Å²) in [6.45, 7) is 5.01. The molecule has 0 aliphatic heterocycles. The number of carbonyl (C=O) groups is 3. The normalized spacial score (nSPS) is 12.2. The van der Waals surface area contributed by atoms with E-state index in [0.717, 1.165) is 11.8 Å². The number of nitrogens with two attached hydrogens (primary N) is 1. The van der Waals surface area contributed by atoms with Crippen LogP contribution in [0.5, 0.6) is 0 Å². The maximum absolute atomic E-state index is 11.8. The average molecular weight is 405 g/mol. The van der Waals surface area contributed by atoms with Gasteiger partial charge in [0, 0.05) is 16.3 Å². The van der Waals surface area contributed by atoms with Gasteiger partial charge in [-0.05, 0) is 32.9 Å². The minimum absolute atomic E-state index is 0.0212. The number of nitrogen functional groups attached to an aromatic ring is 1. The molecule has 0 unspecified atom stereocenters. The molecule has 26 heavy (non-hydrogen) atoms. The molecule has 1 aromatic rings. The highest BCUT2D eigenvalue weighted by Crippen LogP contribution is 2.31. The van der Waals surface area contributed by atoms with Crippen molar-refractivity contribution in [2.45, 2.75) is 37.3 Å². The van der Waals surface area contributed by atoms with Crippen molar-refractivity contribution >= 4 is 47.1 Å². The number of ether oxygens (including phenoxy) is 2. The monoisotopic (exact) mass is 404 g/mol. The number of rotatable bonds is 6. The van der Waals surface area contributed by atoms with Crippen molar-refractivity contribution in [3.8, 4) is 0 Å². The van der Waals surface area contributed by atoms with Gasteiger partial charge in [-0.25, -0.2) is 14.4 Å². The quantitative estimate of drug-likeness (QED) is 0.375. The van der Waals surface area contributed by atoms with E-state index in [4.69, 9.17) is 22.1 Å². The summed E-state index contributed by atoms with van der Waals surface area (Å²) in [5.74, 6) is -1.88. The Hall–Kier alpha value is -2.13. The minimum Gasteiger partial charge on any atom is -0.480 e. The van der Waals surface area contributed by atoms with E-state index in [1.165, 1.54) is 19.2 Å². The van der Waals surface area contributed by atoms with E-state index in [1.54, 1.807) is 20.8 Å². The Morgan fingerprint density at radius 3 is 2.46 bits per heavy atom. The summed E-state index contributed by atoms with van der Waals surface area (Å²) in [4.78, 5) is 35.2. The molecule has 0 aliphatic carbocycles. The molecular formula is C16H21ClN2O6S. The molecule has 0 saturated carbocycles. The third-order valence-electron chi connectivity index (χ3n) is 2.90. The van der Waals surface area contributed by atoms with Crippen LogP contribution in [0.4, 0.5) is 10.5 Å². The lowest BCUT2D eigenvalue weighted by molar-refractivity contribution is -0.138. The first-order valence-electron chi connectivity index (χ1n) is 7.47. The number of amides is 1. The van der Waals surface area contributed by atoms with Crippen molar-refractivity contribution in [2.24, 2.45) is 0 Å². The van der Waals surface area contributed by atoms with E-state index in [9.17, 15) is 19.5 Å². The average Bonchev–Trinajstić information content (AvgIpc) is 2.51. The second kappa shape index (κ2) is 9.00. The fraction of sp³-hybridized carbons (Fsp3) is 0.438. The Balaban J connectivity index is 2.84. The number of aliphatic carboxylic acids is 1. The van der Waals surface area contributed by atoms with Crippen molar-refractivity contribution in [1.82, 2.24) is 5.32 Å². The molecule has 0 bridgehead atoms. The highest BCUT2D eigenvalue weighted by molar-refractivity contribution is 7.99. The zero-order valence-corrected chi connectivity index (χ0v) is 16.4. The molecule has 0 aliphatic rings. The van der Waals surface area contributed by atoms with Crippen LogP contribution < -0.4 is 11.1 Å². The molecule has 0 aromatic heterocycles. The zero-order valence-electron chi connectivity index (χ0n) is 14.8. The van der Waals surface area contributed by atoms with Crippen LogP contribution in [0.2, 0.25) is 5.02 Å². The number of carboxylic acids is 1. The smallest absolute Gasteiger partial charge is 0.408 e. The van der Waals surface area contributed by atoms with Gasteiger partial charge in [-0.1, -0.05) is 11.6 Å². The Morgan fingerprint density at radius 1 is 1.35 bits per heavy atom. The summed E-state index contributed by atoms with van der Waals surface area (Å²) < 4.78 is 9.65. The molecule has 10 heteroatoms. The van der Waals surface area contributed by atoms with Gasteiger partial charge in [0.2, 0.25) is 0 Å². The predicted octanol–water partition coefficient (Wildman–Crippen LogP) is 2.78. The molecule has 1 aromatic carbocycles. The highest BCUT2D eigenvalue weighted by Gasteiger charge is 2.24. The van der Waals surface area contributed by atoms with Gasteiger partial charge in [-0.15, -0.1) is 11.8 Å². The molecule has 4 N–H and O–H groups in total. The summed E-state index contributed by atoms with van der Waals surface area (Å²) in [5.41, 5.74) is 5.48. The summed E-state index contributed by atoms with van der Waals surface area (Å²) in [5, 5.41) is 11.7. The SMILES string of the molecule is COC(=O)c1cc(N)c(SC[C@H](NC(=O)OC(C)(C)C)C(=O)O)cc1Cl. The Kier molecular flexibility index (Phi) is 7.58. The number of esters is 1. The molecule has 0 spiro atoms. The molecule has 1 rings (SSSR count). The summed E-state index contributed by atoms with van der Waals surface area (Å²) >= 11 is 7.11. The standard InChI is InChI=1S/C16H21ClN2O6S/c1-16(2,3)25-15(23)19-11(13(20)21)7-26-12-6-9(17)8(5-10(12)18)14(22)24-4/h5-6,11H,7,18H2,1-4H3,(H,19,23)(H,20,21)/t11-/m0/s1. The van der Waals surface area contributed by atoms with Crippen molar-refractivity contribution in [3.05, 3.63) is 22.7 Å². The topological polar surface area (TPSA) is 128 Å². The minimum atomic E-state index is -1.22. The number of thioether (sulfide) groups is 1. The van der Waals surface area contributed by atoms with E-state index >= 15 is 0 Å². The van der Waals surface area contributed by atoms with Gasteiger partial charge in [-0.3, -0.25) is 0 Å². The third kappa shape index (κ3) is 6.64. The van der Waals surface area contributed by atoms with Crippen LogP contribution >= 0.6 is 23.4 Å². The first-order chi connectivity index (χ1) is 11.9. The zero-order chi connectivity index (χ0) is 20.1. The van der Waals surface area contributed by atoms with Crippen LogP contribution in [-0.2, 0) is 14.3 Å². The molecule has 0 fully saturated rings. The first kappa shape index (κ1) is 21.9. The molecule has 0 saturated heterocycles. The first-order valence-corrected chi connectivity index (χ1v) is 8.83. The molecule has 0 heterocycles. The number of anilines is 1. The Morgan fingerprint density at radius 2 is 1.96 bits per heavy atom. The second-order valence-corrected chi connectivity index (χ2v) is 7.68. The van der Waals surface area contributed by atoms with Crippen LogP contribution in [0.25, 0.3) is 0 Å². The third-order valence-corrected chi connectivity index (χ3v) is 4.38. The van der Waals surface area contributed by atoms with Crippen LogP contribution in [0.3, 0.4) is 0 Å². The molecule has 8 nitrogen and oxygen atoms in total. The number of benzene rings is 1. The lowest BCUT2D eigenvalue weighted by atomic mass is 10.2. The Bertz CT molecular complexity index is 705. The van der Waals surface area contributed by atoms with E-state index in [1.807, 2.05) is 0 Å². The number of hydrogen-bond donors (Lipinski definition) is 3. The van der Waals surface area contributed by atoms with Crippen molar-refractivity contribution in [2.75, 3.05) is 18.6 Å². The van der Waals surface area contributed by atoms with Crippen LogP contribution in [0.15, 0.2) is 17.0 Å². The summed E-state index contributed by atoms with van der Waals surface area (Å²) in [6, 6.07) is 1.60. The van der Waals surface area contributed by atoms with Gasteiger partial charge in [0.15, 0.2) is 0 Å². The molecular weight excluding hydrogens is 384 g/mol. The molecule has 0 radical (unpaired) electrons. The van der Waals surface area contributed by atoms with Gasteiger partial charge < -0.3 is 25.6 Å². The van der Waals surface area contributed by atoms with Crippen molar-refractivity contribution < 1.29 is 29.0 Å². The lowest BCUT2D eigenvalue weighted by Gasteiger charge is -2.22. The maximum Gasteiger partial charge on any atom is 0.408 e. The number of carbonyl (C=O) groups excluding carboxylic acids is 2.